The number of benzene rings is 1. The minimum absolute atomic E-state index is 0.0414. The van der Waals surface area contributed by atoms with Crippen molar-refractivity contribution < 1.29 is 18.4 Å². The van der Waals surface area contributed by atoms with Gasteiger partial charge in [0, 0.05) is 50.6 Å². The number of rotatable bonds is 4. The Morgan fingerprint density at radius 1 is 1.16 bits per heavy atom. The van der Waals surface area contributed by atoms with E-state index >= 15 is 0 Å². The first-order valence-electron chi connectivity index (χ1n) is 10.0. The van der Waals surface area contributed by atoms with Crippen molar-refractivity contribution >= 4 is 23.5 Å². The molecule has 0 aliphatic carbocycles. The summed E-state index contributed by atoms with van der Waals surface area (Å²) in [6, 6.07) is 7.01. The molecule has 3 heterocycles. The predicted molar refractivity (Wildman–Crippen MR) is 112 cm³/mol. The van der Waals surface area contributed by atoms with E-state index in [1.165, 1.54) is 12.2 Å². The molecule has 0 spiro atoms. The van der Waals surface area contributed by atoms with Crippen LogP contribution in [0.25, 0.3) is 11.7 Å². The maximum Gasteiger partial charge on any atom is 0.246 e. The molecule has 0 saturated carbocycles. The lowest BCUT2D eigenvalue weighted by Crippen LogP contribution is -2.34. The van der Waals surface area contributed by atoms with Gasteiger partial charge in [-0.25, -0.2) is 13.8 Å². The van der Waals surface area contributed by atoms with E-state index in [1.807, 2.05) is 35.9 Å². The Labute approximate surface area is 178 Å². The van der Waals surface area contributed by atoms with Crippen molar-refractivity contribution in [1.82, 2.24) is 19.2 Å². The Hall–Kier alpha value is -3.55. The minimum atomic E-state index is -0.703. The predicted octanol–water partition coefficient (Wildman–Crippen LogP) is 3.20. The summed E-state index contributed by atoms with van der Waals surface area (Å²) < 4.78 is 28.5. The molecule has 1 fully saturated rings. The molecule has 6 nitrogen and oxygen atoms in total. The average molecular weight is 424 g/mol. The Bertz CT molecular complexity index is 1150. The highest BCUT2D eigenvalue weighted by atomic mass is 19.1. The van der Waals surface area contributed by atoms with E-state index in [-0.39, 0.29) is 23.8 Å². The van der Waals surface area contributed by atoms with E-state index < -0.39 is 11.6 Å². The molecule has 31 heavy (non-hydrogen) atoms. The molecule has 1 saturated heterocycles. The van der Waals surface area contributed by atoms with Gasteiger partial charge in [-0.1, -0.05) is 6.07 Å². The van der Waals surface area contributed by atoms with Gasteiger partial charge in [0.15, 0.2) is 0 Å². The lowest BCUT2D eigenvalue weighted by molar-refractivity contribution is -0.131. The van der Waals surface area contributed by atoms with Crippen LogP contribution >= 0.6 is 0 Å². The number of halogens is 2. The molecule has 2 aromatic heterocycles. The van der Waals surface area contributed by atoms with Gasteiger partial charge < -0.3 is 14.2 Å². The second-order valence-electron chi connectivity index (χ2n) is 7.58. The topological polar surface area (TPSA) is 57.9 Å². The zero-order valence-electron chi connectivity index (χ0n) is 17.1. The van der Waals surface area contributed by atoms with Crippen LogP contribution in [0.5, 0.6) is 0 Å². The number of nitrogens with zero attached hydrogens (tertiary/aromatic N) is 4. The Morgan fingerprint density at radius 3 is 2.68 bits per heavy atom. The molecule has 0 N–H and O–H groups in total. The second-order valence-corrected chi connectivity index (χ2v) is 7.58. The van der Waals surface area contributed by atoms with Gasteiger partial charge in [-0.15, -0.1) is 0 Å². The fourth-order valence-electron chi connectivity index (χ4n) is 3.67. The van der Waals surface area contributed by atoms with Crippen LogP contribution in [0.2, 0.25) is 0 Å². The number of pyridine rings is 1. The summed E-state index contributed by atoms with van der Waals surface area (Å²) in [4.78, 5) is 33.0. The second kappa shape index (κ2) is 8.67. The molecule has 3 aromatic rings. The van der Waals surface area contributed by atoms with E-state index in [9.17, 15) is 18.4 Å². The summed E-state index contributed by atoms with van der Waals surface area (Å²) in [6.45, 7) is 3.41. The van der Waals surface area contributed by atoms with Gasteiger partial charge in [-0.05, 0) is 42.3 Å². The Balaban J connectivity index is 1.41. The number of aryl methyl sites for hydroxylation is 1. The van der Waals surface area contributed by atoms with Crippen LogP contribution in [-0.2, 0) is 16.1 Å². The number of imidazole rings is 1. The number of aromatic nitrogens is 2. The Kier molecular flexibility index (Phi) is 5.79. The molecule has 0 bridgehead atoms. The van der Waals surface area contributed by atoms with Gasteiger partial charge in [0.25, 0.3) is 0 Å². The molecule has 0 unspecified atom stereocenters. The average Bonchev–Trinajstić information content (AvgIpc) is 3.05. The van der Waals surface area contributed by atoms with Crippen LogP contribution in [0.3, 0.4) is 0 Å². The molecule has 0 radical (unpaired) electrons. The first-order chi connectivity index (χ1) is 14.9. The van der Waals surface area contributed by atoms with E-state index in [0.717, 1.165) is 35.1 Å². The molecular weight excluding hydrogens is 402 g/mol. The Morgan fingerprint density at radius 2 is 1.94 bits per heavy atom. The quantitative estimate of drug-likeness (QED) is 0.605. The van der Waals surface area contributed by atoms with Gasteiger partial charge in [0.2, 0.25) is 11.8 Å². The van der Waals surface area contributed by atoms with E-state index in [0.29, 0.717) is 26.2 Å². The largest absolute Gasteiger partial charge is 0.337 e. The molecule has 1 aliphatic heterocycles. The van der Waals surface area contributed by atoms with E-state index in [2.05, 4.69) is 4.98 Å². The van der Waals surface area contributed by atoms with Crippen LogP contribution in [0, 0.1) is 18.6 Å². The summed E-state index contributed by atoms with van der Waals surface area (Å²) in [7, 11) is 0. The van der Waals surface area contributed by atoms with E-state index in [4.69, 9.17) is 0 Å². The van der Waals surface area contributed by atoms with Crippen molar-refractivity contribution in [2.75, 3.05) is 19.6 Å². The lowest BCUT2D eigenvalue weighted by atomic mass is 10.2. The standard InChI is InChI=1S/C23H22F2N4O2/c1-16-3-2-7-29-15-20(26-23(16)29)14-28-10-9-27(8-6-22(28)31)21(30)5-4-17-11-18(24)13-19(25)12-17/h2-5,7,11-13,15H,6,8-10,14H2,1H3/b5-4+. The molecule has 160 valence electrons. The lowest BCUT2D eigenvalue weighted by Gasteiger charge is -2.20. The van der Waals surface area contributed by atoms with Gasteiger partial charge in [0.05, 0.1) is 12.2 Å². The third-order valence-corrected chi connectivity index (χ3v) is 5.28. The van der Waals surface area contributed by atoms with Crippen LogP contribution in [-0.4, -0.2) is 50.6 Å². The molecule has 2 amide bonds. The molecule has 4 rings (SSSR count). The van der Waals surface area contributed by atoms with Crippen molar-refractivity contribution in [1.29, 1.82) is 0 Å². The van der Waals surface area contributed by atoms with Gasteiger partial charge in [0.1, 0.15) is 17.3 Å². The molecule has 1 aromatic carbocycles. The molecular formula is C23H22F2N4O2. The molecule has 8 heteroatoms. The van der Waals surface area contributed by atoms with Crippen LogP contribution in [0.15, 0.2) is 48.8 Å². The smallest absolute Gasteiger partial charge is 0.246 e. The summed E-state index contributed by atoms with van der Waals surface area (Å²) >= 11 is 0. The van der Waals surface area contributed by atoms with Crippen LogP contribution < -0.4 is 0 Å². The maximum absolute atomic E-state index is 13.3. The van der Waals surface area contributed by atoms with Gasteiger partial charge in [-0.2, -0.15) is 0 Å². The molecule has 1 aliphatic rings. The number of carbonyl (C=O) groups is 2. The van der Waals surface area contributed by atoms with Crippen molar-refractivity contribution in [3.63, 3.8) is 0 Å². The number of amides is 2. The van der Waals surface area contributed by atoms with Crippen LogP contribution in [0.1, 0.15) is 23.2 Å². The minimum Gasteiger partial charge on any atom is -0.337 e. The zero-order chi connectivity index (χ0) is 22.0. The number of hydrogen-bond acceptors (Lipinski definition) is 3. The van der Waals surface area contributed by atoms with Crippen molar-refractivity contribution in [3.05, 3.63) is 77.3 Å². The normalized spacial score (nSPS) is 15.1. The summed E-state index contributed by atoms with van der Waals surface area (Å²) in [5, 5.41) is 0. The fraction of sp³-hybridized carbons (Fsp3) is 0.261. The highest BCUT2D eigenvalue weighted by molar-refractivity contribution is 5.92. The number of fused-ring (bicyclic) bond motifs is 1. The third kappa shape index (κ3) is 4.79. The van der Waals surface area contributed by atoms with Crippen molar-refractivity contribution in [2.45, 2.75) is 19.9 Å². The van der Waals surface area contributed by atoms with Gasteiger partial charge in [-0.3, -0.25) is 9.59 Å². The number of hydrogen-bond donors (Lipinski definition) is 0. The summed E-state index contributed by atoms with van der Waals surface area (Å²) in [5.41, 5.74) is 2.96. The van der Waals surface area contributed by atoms with Crippen LogP contribution in [0.4, 0.5) is 8.78 Å². The highest BCUT2D eigenvalue weighted by Crippen LogP contribution is 2.15. The first kappa shape index (κ1) is 20.7. The maximum atomic E-state index is 13.3. The molecule has 0 atom stereocenters. The number of carbonyl (C=O) groups excluding carboxylic acids is 2. The SMILES string of the molecule is Cc1cccn2cc(CN3CCN(C(=O)/C=C/c4cc(F)cc(F)c4)CCC3=O)nc12. The van der Waals surface area contributed by atoms with Crippen molar-refractivity contribution in [2.24, 2.45) is 0 Å². The summed E-state index contributed by atoms with van der Waals surface area (Å²) in [6.07, 6.45) is 6.68. The first-order valence-corrected chi connectivity index (χ1v) is 10.0. The van der Waals surface area contributed by atoms with E-state index in [1.54, 1.807) is 9.80 Å². The zero-order valence-corrected chi connectivity index (χ0v) is 17.1. The third-order valence-electron chi connectivity index (χ3n) is 5.28. The monoisotopic (exact) mass is 424 g/mol. The van der Waals surface area contributed by atoms with Gasteiger partial charge >= 0.3 is 0 Å². The highest BCUT2D eigenvalue weighted by Gasteiger charge is 2.23. The summed E-state index contributed by atoms with van der Waals surface area (Å²) in [5.74, 6) is -1.75. The fourth-order valence-corrected chi connectivity index (χ4v) is 3.67. The van der Waals surface area contributed by atoms with Crippen molar-refractivity contribution in [3.8, 4) is 0 Å².